The van der Waals surface area contributed by atoms with Crippen LogP contribution < -0.4 is 5.32 Å². The summed E-state index contributed by atoms with van der Waals surface area (Å²) >= 11 is 0. The Morgan fingerprint density at radius 2 is 2.00 bits per heavy atom. The smallest absolute Gasteiger partial charge is 0.0791 e. The predicted octanol–water partition coefficient (Wildman–Crippen LogP) is 0.371. The van der Waals surface area contributed by atoms with Gasteiger partial charge in [0, 0.05) is 44.3 Å². The highest BCUT2D eigenvalue weighted by Crippen LogP contribution is 2.07. The van der Waals surface area contributed by atoms with Gasteiger partial charge in [-0.15, -0.1) is 0 Å². The summed E-state index contributed by atoms with van der Waals surface area (Å²) in [4.78, 5) is 4.73. The minimum absolute atomic E-state index is 0.0797. The molecule has 0 bridgehead atoms. The van der Waals surface area contributed by atoms with E-state index in [0.29, 0.717) is 12.6 Å². The molecule has 1 fully saturated rings. The van der Waals surface area contributed by atoms with E-state index in [-0.39, 0.29) is 11.6 Å². The second-order valence-corrected chi connectivity index (χ2v) is 6.37. The van der Waals surface area contributed by atoms with Crippen molar-refractivity contribution in [2.24, 2.45) is 0 Å². The van der Waals surface area contributed by atoms with Gasteiger partial charge in [-0.05, 0) is 34.7 Å². The van der Waals surface area contributed by atoms with Crippen LogP contribution in [0.15, 0.2) is 0 Å². The number of aliphatic hydroxyl groups is 1. The molecule has 17 heavy (non-hydrogen) atoms. The second-order valence-electron chi connectivity index (χ2n) is 6.37. The van der Waals surface area contributed by atoms with Gasteiger partial charge in [0.1, 0.15) is 0 Å². The molecule has 1 rings (SSSR count). The third-order valence-electron chi connectivity index (χ3n) is 3.38. The number of hydrogen-bond donors (Lipinski definition) is 2. The maximum atomic E-state index is 10.00. The fourth-order valence-electron chi connectivity index (χ4n) is 2.08. The van der Waals surface area contributed by atoms with E-state index >= 15 is 0 Å². The maximum Gasteiger partial charge on any atom is 0.0791 e. The summed E-state index contributed by atoms with van der Waals surface area (Å²) in [5, 5.41) is 13.3. The van der Waals surface area contributed by atoms with Gasteiger partial charge in [-0.2, -0.15) is 0 Å². The molecule has 1 saturated heterocycles. The minimum atomic E-state index is -0.273. The summed E-state index contributed by atoms with van der Waals surface area (Å²) in [6, 6.07) is 0.589. The first-order valence-corrected chi connectivity index (χ1v) is 6.63. The summed E-state index contributed by atoms with van der Waals surface area (Å²) in [7, 11) is 2.17. The van der Waals surface area contributed by atoms with Crippen LogP contribution in [0, 0.1) is 0 Å². The maximum absolute atomic E-state index is 10.00. The van der Waals surface area contributed by atoms with Crippen LogP contribution >= 0.6 is 0 Å². The lowest BCUT2D eigenvalue weighted by Gasteiger charge is -2.38. The monoisotopic (exact) mass is 243 g/mol. The molecule has 0 amide bonds. The van der Waals surface area contributed by atoms with Gasteiger partial charge in [0.25, 0.3) is 0 Å². The molecule has 0 aromatic carbocycles. The molecule has 4 nitrogen and oxygen atoms in total. The lowest BCUT2D eigenvalue weighted by atomic mass is 10.1. The molecule has 2 unspecified atom stereocenters. The summed E-state index contributed by atoms with van der Waals surface area (Å²) in [5.74, 6) is 0. The second kappa shape index (κ2) is 6.14. The van der Waals surface area contributed by atoms with Gasteiger partial charge in [0.15, 0.2) is 0 Å². The Morgan fingerprint density at radius 3 is 2.53 bits per heavy atom. The highest BCUT2D eigenvalue weighted by Gasteiger charge is 2.22. The Balaban J connectivity index is 2.25. The molecule has 0 spiro atoms. The van der Waals surface area contributed by atoms with Crippen LogP contribution in [0.1, 0.15) is 27.7 Å². The fourth-order valence-corrected chi connectivity index (χ4v) is 2.08. The molecule has 0 radical (unpaired) electrons. The molecule has 0 aromatic heterocycles. The molecule has 4 heteroatoms. The first-order chi connectivity index (χ1) is 7.78. The number of piperazine rings is 1. The van der Waals surface area contributed by atoms with Gasteiger partial charge in [-0.25, -0.2) is 0 Å². The fraction of sp³-hybridized carbons (Fsp3) is 1.00. The SMILES string of the molecule is CC1CN(CC(O)CNC(C)(C)C)CCN1C. The number of nitrogens with zero attached hydrogens (tertiary/aromatic N) is 2. The van der Waals surface area contributed by atoms with Gasteiger partial charge in [0.05, 0.1) is 6.10 Å². The molecule has 1 heterocycles. The molecule has 0 aromatic rings. The van der Waals surface area contributed by atoms with Crippen LogP contribution in [0.5, 0.6) is 0 Å². The summed E-state index contributed by atoms with van der Waals surface area (Å²) in [6.07, 6.45) is -0.273. The van der Waals surface area contributed by atoms with Crippen molar-refractivity contribution >= 4 is 0 Å². The summed E-state index contributed by atoms with van der Waals surface area (Å²) < 4.78 is 0. The van der Waals surface area contributed by atoms with Gasteiger partial charge < -0.3 is 15.3 Å². The Bertz CT molecular complexity index is 227. The first-order valence-electron chi connectivity index (χ1n) is 6.63. The lowest BCUT2D eigenvalue weighted by molar-refractivity contribution is 0.0547. The molecular weight excluding hydrogens is 214 g/mol. The van der Waals surface area contributed by atoms with Crippen molar-refractivity contribution in [2.45, 2.75) is 45.4 Å². The molecule has 1 aliphatic heterocycles. The molecule has 2 N–H and O–H groups in total. The third kappa shape index (κ3) is 5.82. The minimum Gasteiger partial charge on any atom is -0.390 e. The largest absolute Gasteiger partial charge is 0.390 e. The van der Waals surface area contributed by atoms with E-state index in [0.717, 1.165) is 26.2 Å². The average Bonchev–Trinajstić information content (AvgIpc) is 2.20. The molecule has 2 atom stereocenters. The average molecular weight is 243 g/mol. The van der Waals surface area contributed by atoms with Crippen LogP contribution in [0.25, 0.3) is 0 Å². The van der Waals surface area contributed by atoms with Crippen LogP contribution in [-0.4, -0.2) is 72.4 Å². The summed E-state index contributed by atoms with van der Waals surface area (Å²) in [5.41, 5.74) is 0.0797. The van der Waals surface area contributed by atoms with E-state index in [1.165, 1.54) is 0 Å². The van der Waals surface area contributed by atoms with Gasteiger partial charge in [0.2, 0.25) is 0 Å². The quantitative estimate of drug-likeness (QED) is 0.748. The van der Waals surface area contributed by atoms with Crippen LogP contribution in [-0.2, 0) is 0 Å². The normalized spacial score (nSPS) is 26.1. The zero-order chi connectivity index (χ0) is 13.1. The van der Waals surface area contributed by atoms with Crippen molar-refractivity contribution in [3.05, 3.63) is 0 Å². The number of nitrogens with one attached hydrogen (secondary N) is 1. The van der Waals surface area contributed by atoms with Crippen LogP contribution in [0.2, 0.25) is 0 Å². The molecule has 0 aliphatic carbocycles. The van der Waals surface area contributed by atoms with Crippen molar-refractivity contribution in [1.29, 1.82) is 0 Å². The lowest BCUT2D eigenvalue weighted by Crippen LogP contribution is -2.53. The number of hydrogen-bond acceptors (Lipinski definition) is 4. The first kappa shape index (κ1) is 14.9. The molecule has 102 valence electrons. The molecule has 1 aliphatic rings. The Hall–Kier alpha value is -0.160. The molecule has 0 saturated carbocycles. The highest BCUT2D eigenvalue weighted by atomic mass is 16.3. The Labute approximate surface area is 106 Å². The van der Waals surface area contributed by atoms with Gasteiger partial charge in [-0.3, -0.25) is 4.90 Å². The van der Waals surface area contributed by atoms with E-state index in [2.05, 4.69) is 49.9 Å². The van der Waals surface area contributed by atoms with E-state index in [4.69, 9.17) is 0 Å². The van der Waals surface area contributed by atoms with Crippen molar-refractivity contribution in [1.82, 2.24) is 15.1 Å². The summed E-state index contributed by atoms with van der Waals surface area (Å²) in [6.45, 7) is 13.3. The highest BCUT2D eigenvalue weighted by molar-refractivity contribution is 4.80. The van der Waals surface area contributed by atoms with Crippen molar-refractivity contribution in [3.63, 3.8) is 0 Å². The van der Waals surface area contributed by atoms with Crippen LogP contribution in [0.4, 0.5) is 0 Å². The molecular formula is C13H29N3O. The van der Waals surface area contributed by atoms with Crippen molar-refractivity contribution in [2.75, 3.05) is 39.8 Å². The third-order valence-corrected chi connectivity index (χ3v) is 3.38. The number of rotatable bonds is 4. The zero-order valence-electron chi connectivity index (χ0n) is 12.0. The predicted molar refractivity (Wildman–Crippen MR) is 72.3 cm³/mol. The van der Waals surface area contributed by atoms with E-state index < -0.39 is 0 Å². The Kier molecular flexibility index (Phi) is 5.38. The topological polar surface area (TPSA) is 38.7 Å². The van der Waals surface area contributed by atoms with Crippen LogP contribution in [0.3, 0.4) is 0 Å². The van der Waals surface area contributed by atoms with Gasteiger partial charge >= 0.3 is 0 Å². The van der Waals surface area contributed by atoms with E-state index in [9.17, 15) is 5.11 Å². The zero-order valence-corrected chi connectivity index (χ0v) is 12.0. The van der Waals surface area contributed by atoms with E-state index in [1.807, 2.05) is 0 Å². The number of likely N-dealkylation sites (N-methyl/N-ethyl adjacent to an activating group) is 1. The van der Waals surface area contributed by atoms with Crippen molar-refractivity contribution < 1.29 is 5.11 Å². The Morgan fingerprint density at radius 1 is 1.35 bits per heavy atom. The number of aliphatic hydroxyl groups excluding tert-OH is 1. The standard InChI is InChI=1S/C13H29N3O/c1-11-9-16(7-6-15(11)5)10-12(17)8-14-13(2,3)4/h11-12,14,17H,6-10H2,1-5H3. The van der Waals surface area contributed by atoms with E-state index in [1.54, 1.807) is 0 Å². The van der Waals surface area contributed by atoms with Crippen molar-refractivity contribution in [3.8, 4) is 0 Å². The van der Waals surface area contributed by atoms with Gasteiger partial charge in [-0.1, -0.05) is 0 Å². The number of β-amino-alcohol motifs (C(OH)–C–C–N with tert-alkyl or cyclic N) is 1.